The number of nitrogens with zero attached hydrogens (tertiary/aromatic N) is 5. The summed E-state index contributed by atoms with van der Waals surface area (Å²) in [5.41, 5.74) is 0.419. The number of carboxylic acid groups (broad SMARTS) is 1. The Labute approximate surface area is 108 Å². The zero-order valence-electron chi connectivity index (χ0n) is 10.6. The van der Waals surface area contributed by atoms with Crippen LogP contribution in [0.3, 0.4) is 0 Å². The van der Waals surface area contributed by atoms with Crippen LogP contribution in [-0.2, 0) is 13.1 Å². The quantitative estimate of drug-likeness (QED) is 0.822. The third kappa shape index (κ3) is 2.84. The van der Waals surface area contributed by atoms with E-state index >= 15 is 0 Å². The smallest absolute Gasteiger partial charge is 0.358 e. The number of aromatic carboxylic acids is 1. The summed E-state index contributed by atoms with van der Waals surface area (Å²) in [5, 5.41) is 15.9. The Morgan fingerprint density at radius 1 is 1.37 bits per heavy atom. The van der Waals surface area contributed by atoms with Crippen molar-refractivity contribution in [3.63, 3.8) is 0 Å². The standard InChI is InChI=1S/C11H13N5O3/c1-7-5-10(17)16(8(2)12-7)4-3-15-6-9(11(18)19)13-14-15/h5-6H,3-4H2,1-2H3,(H,18,19). The van der Waals surface area contributed by atoms with E-state index < -0.39 is 5.97 Å². The van der Waals surface area contributed by atoms with Gasteiger partial charge in [0, 0.05) is 18.3 Å². The van der Waals surface area contributed by atoms with Gasteiger partial charge in [-0.3, -0.25) is 9.36 Å². The van der Waals surface area contributed by atoms with Crippen LogP contribution in [-0.4, -0.2) is 35.6 Å². The first-order chi connectivity index (χ1) is 8.97. The average molecular weight is 263 g/mol. The van der Waals surface area contributed by atoms with E-state index in [-0.39, 0.29) is 11.3 Å². The van der Waals surface area contributed by atoms with E-state index in [1.807, 2.05) is 0 Å². The van der Waals surface area contributed by atoms with Crippen LogP contribution in [0.15, 0.2) is 17.1 Å². The number of aryl methyl sites for hydroxylation is 3. The van der Waals surface area contributed by atoms with E-state index in [4.69, 9.17) is 5.11 Å². The highest BCUT2D eigenvalue weighted by Gasteiger charge is 2.09. The first-order valence-corrected chi connectivity index (χ1v) is 5.66. The van der Waals surface area contributed by atoms with Gasteiger partial charge in [-0.2, -0.15) is 0 Å². The molecule has 0 bridgehead atoms. The van der Waals surface area contributed by atoms with Crippen LogP contribution in [0, 0.1) is 13.8 Å². The van der Waals surface area contributed by atoms with Crippen molar-refractivity contribution in [3.8, 4) is 0 Å². The molecular weight excluding hydrogens is 250 g/mol. The minimum Gasteiger partial charge on any atom is -0.476 e. The second-order valence-corrected chi connectivity index (χ2v) is 4.11. The van der Waals surface area contributed by atoms with Gasteiger partial charge < -0.3 is 5.11 Å². The third-order valence-electron chi connectivity index (χ3n) is 2.64. The van der Waals surface area contributed by atoms with Crippen LogP contribution in [0.5, 0.6) is 0 Å². The summed E-state index contributed by atoms with van der Waals surface area (Å²) < 4.78 is 2.89. The molecule has 2 aromatic heterocycles. The predicted molar refractivity (Wildman–Crippen MR) is 65.0 cm³/mol. The van der Waals surface area contributed by atoms with Crippen LogP contribution < -0.4 is 5.56 Å². The van der Waals surface area contributed by atoms with Gasteiger partial charge in [0.05, 0.1) is 12.7 Å². The van der Waals surface area contributed by atoms with E-state index in [1.165, 1.54) is 21.5 Å². The lowest BCUT2D eigenvalue weighted by Crippen LogP contribution is -2.25. The van der Waals surface area contributed by atoms with Gasteiger partial charge in [0.2, 0.25) is 0 Å². The van der Waals surface area contributed by atoms with Crippen molar-refractivity contribution >= 4 is 5.97 Å². The first kappa shape index (κ1) is 12.9. The van der Waals surface area contributed by atoms with Gasteiger partial charge >= 0.3 is 5.97 Å². The maximum atomic E-state index is 11.8. The molecule has 0 amide bonds. The molecule has 0 radical (unpaired) electrons. The van der Waals surface area contributed by atoms with Gasteiger partial charge in [-0.05, 0) is 13.8 Å². The Hall–Kier alpha value is -2.51. The molecule has 0 spiro atoms. The lowest BCUT2D eigenvalue weighted by atomic mass is 10.4. The summed E-state index contributed by atoms with van der Waals surface area (Å²) in [6, 6.07) is 1.46. The number of aromatic nitrogens is 5. The van der Waals surface area contributed by atoms with Gasteiger partial charge in [0.25, 0.3) is 5.56 Å². The molecule has 100 valence electrons. The van der Waals surface area contributed by atoms with Gasteiger partial charge in [0.15, 0.2) is 5.69 Å². The van der Waals surface area contributed by atoms with Crippen LogP contribution in [0.4, 0.5) is 0 Å². The Morgan fingerprint density at radius 2 is 2.11 bits per heavy atom. The highest BCUT2D eigenvalue weighted by atomic mass is 16.4. The van der Waals surface area contributed by atoms with Crippen molar-refractivity contribution < 1.29 is 9.90 Å². The molecule has 0 aliphatic heterocycles. The van der Waals surface area contributed by atoms with Crippen LogP contribution in [0.1, 0.15) is 22.0 Å². The average Bonchev–Trinajstić information content (AvgIpc) is 2.76. The molecule has 0 saturated carbocycles. The molecule has 2 aromatic rings. The molecule has 1 N–H and O–H groups in total. The monoisotopic (exact) mass is 263 g/mol. The topological polar surface area (TPSA) is 103 Å². The Bertz CT molecular complexity index is 673. The van der Waals surface area contributed by atoms with E-state index in [0.717, 1.165) is 0 Å². The molecule has 0 aliphatic carbocycles. The third-order valence-corrected chi connectivity index (χ3v) is 2.64. The molecule has 2 rings (SSSR count). The number of carboxylic acids is 1. The number of rotatable bonds is 4. The van der Waals surface area contributed by atoms with E-state index in [2.05, 4.69) is 15.3 Å². The fourth-order valence-corrected chi connectivity index (χ4v) is 1.74. The molecule has 8 nitrogen and oxygen atoms in total. The van der Waals surface area contributed by atoms with E-state index in [1.54, 1.807) is 13.8 Å². The van der Waals surface area contributed by atoms with Gasteiger partial charge in [-0.25, -0.2) is 14.5 Å². The minimum absolute atomic E-state index is 0.119. The van der Waals surface area contributed by atoms with Gasteiger partial charge in [-0.15, -0.1) is 5.10 Å². The number of hydrogen-bond acceptors (Lipinski definition) is 5. The molecule has 0 aromatic carbocycles. The van der Waals surface area contributed by atoms with Crippen molar-refractivity contribution in [2.24, 2.45) is 0 Å². The minimum atomic E-state index is -1.13. The summed E-state index contributed by atoms with van der Waals surface area (Å²) in [5.74, 6) is -0.514. The van der Waals surface area contributed by atoms with Crippen molar-refractivity contribution in [1.82, 2.24) is 24.5 Å². The molecule has 19 heavy (non-hydrogen) atoms. The maximum absolute atomic E-state index is 11.8. The molecule has 0 unspecified atom stereocenters. The molecule has 2 heterocycles. The van der Waals surface area contributed by atoms with Crippen LogP contribution in [0.25, 0.3) is 0 Å². The maximum Gasteiger partial charge on any atom is 0.358 e. The summed E-state index contributed by atoms with van der Waals surface area (Å²) in [6.45, 7) is 4.22. The fourth-order valence-electron chi connectivity index (χ4n) is 1.74. The van der Waals surface area contributed by atoms with Crippen molar-refractivity contribution in [1.29, 1.82) is 0 Å². The van der Waals surface area contributed by atoms with Crippen molar-refractivity contribution in [3.05, 3.63) is 39.8 Å². The van der Waals surface area contributed by atoms with E-state index in [9.17, 15) is 9.59 Å². The second-order valence-electron chi connectivity index (χ2n) is 4.11. The lowest BCUT2D eigenvalue weighted by molar-refractivity contribution is 0.0690. The molecule has 0 aliphatic rings. The Kier molecular flexibility index (Phi) is 3.41. The summed E-state index contributed by atoms with van der Waals surface area (Å²) in [6.07, 6.45) is 1.32. The van der Waals surface area contributed by atoms with Crippen molar-refractivity contribution in [2.45, 2.75) is 26.9 Å². The zero-order chi connectivity index (χ0) is 14.0. The first-order valence-electron chi connectivity index (χ1n) is 5.66. The summed E-state index contributed by atoms with van der Waals surface area (Å²) >= 11 is 0. The van der Waals surface area contributed by atoms with Crippen LogP contribution in [0.2, 0.25) is 0 Å². The van der Waals surface area contributed by atoms with Gasteiger partial charge in [0.1, 0.15) is 5.82 Å². The zero-order valence-corrected chi connectivity index (χ0v) is 10.6. The predicted octanol–water partition coefficient (Wildman–Crippen LogP) is -0.150. The molecule has 0 atom stereocenters. The SMILES string of the molecule is Cc1cc(=O)n(CCn2cc(C(=O)O)nn2)c(C)n1. The number of carbonyl (C=O) groups is 1. The summed E-state index contributed by atoms with van der Waals surface area (Å²) in [4.78, 5) is 26.6. The van der Waals surface area contributed by atoms with E-state index in [0.29, 0.717) is 24.6 Å². The molecule has 8 heteroatoms. The normalized spacial score (nSPS) is 10.6. The summed E-state index contributed by atoms with van der Waals surface area (Å²) in [7, 11) is 0. The largest absolute Gasteiger partial charge is 0.476 e. The lowest BCUT2D eigenvalue weighted by Gasteiger charge is -2.08. The number of hydrogen-bond donors (Lipinski definition) is 1. The fraction of sp³-hybridized carbons (Fsp3) is 0.364. The Balaban J connectivity index is 2.14. The van der Waals surface area contributed by atoms with Crippen LogP contribution >= 0.6 is 0 Å². The van der Waals surface area contributed by atoms with Gasteiger partial charge in [-0.1, -0.05) is 5.21 Å². The Morgan fingerprint density at radius 3 is 2.68 bits per heavy atom. The van der Waals surface area contributed by atoms with Crippen molar-refractivity contribution in [2.75, 3.05) is 0 Å². The second kappa shape index (κ2) is 5.01. The molecule has 0 fully saturated rings. The molecule has 0 saturated heterocycles. The highest BCUT2D eigenvalue weighted by Crippen LogP contribution is 1.97. The highest BCUT2D eigenvalue weighted by molar-refractivity contribution is 5.84. The molecular formula is C11H13N5O3.